The molecule has 45 heavy (non-hydrogen) atoms. The summed E-state index contributed by atoms with van der Waals surface area (Å²) >= 11 is 12.8. The van der Waals surface area contributed by atoms with E-state index < -0.39 is 76.8 Å². The van der Waals surface area contributed by atoms with E-state index in [2.05, 4.69) is 21.5 Å². The van der Waals surface area contributed by atoms with E-state index in [4.69, 9.17) is 23.2 Å². The number of piperazine rings is 1. The average Bonchev–Trinajstić information content (AvgIpc) is 2.96. The molecule has 4 aromatic rings. The van der Waals surface area contributed by atoms with Crippen LogP contribution < -0.4 is 10.6 Å². The first-order valence-corrected chi connectivity index (χ1v) is 15.7. The van der Waals surface area contributed by atoms with E-state index in [1.54, 1.807) is 11.8 Å². The van der Waals surface area contributed by atoms with Gasteiger partial charge in [-0.25, -0.2) is 32.1 Å². The van der Waals surface area contributed by atoms with Crippen LogP contribution in [0.5, 0.6) is 0 Å². The Bertz CT molecular complexity index is 2060. The summed E-state index contributed by atoms with van der Waals surface area (Å²) in [4.78, 5) is 41.2. The molecule has 17 heteroatoms. The summed E-state index contributed by atoms with van der Waals surface area (Å²) < 4.78 is 83.4. The number of halogens is 6. The number of sulfone groups is 1. The van der Waals surface area contributed by atoms with Gasteiger partial charge >= 0.3 is 11.9 Å². The smallest absolute Gasteiger partial charge is 0.350 e. The summed E-state index contributed by atoms with van der Waals surface area (Å²) in [6, 6.07) is 4.13. The second-order valence-electron chi connectivity index (χ2n) is 10.2. The number of pyridine rings is 2. The van der Waals surface area contributed by atoms with Crippen molar-refractivity contribution < 1.29 is 30.8 Å². The fourth-order valence-corrected chi connectivity index (χ4v) is 6.61. The number of fused-ring (bicyclic) bond motifs is 1. The maximum Gasteiger partial charge on any atom is 0.417 e. The molecule has 0 unspecified atom stereocenters. The predicted molar refractivity (Wildman–Crippen MR) is 160 cm³/mol. The molecule has 1 aliphatic rings. The normalized spacial score (nSPS) is 15.9. The largest absolute Gasteiger partial charge is 0.417 e. The van der Waals surface area contributed by atoms with Crippen molar-refractivity contribution in [3.05, 3.63) is 81.2 Å². The monoisotopic (exact) mass is 684 g/mol. The van der Waals surface area contributed by atoms with E-state index >= 15 is 4.39 Å². The second-order valence-corrected chi connectivity index (χ2v) is 12.9. The lowest BCUT2D eigenvalue weighted by molar-refractivity contribution is -0.137. The molecule has 0 saturated carbocycles. The van der Waals surface area contributed by atoms with Crippen molar-refractivity contribution in [2.24, 2.45) is 0 Å². The zero-order valence-corrected chi connectivity index (χ0v) is 25.8. The van der Waals surface area contributed by atoms with Crippen LogP contribution in [-0.4, -0.2) is 70.7 Å². The molecule has 5 rings (SSSR count). The number of carbonyl (C=O) groups is 1. The Morgan fingerprint density at radius 3 is 2.49 bits per heavy atom. The molecule has 1 saturated heterocycles. The summed E-state index contributed by atoms with van der Waals surface area (Å²) in [7, 11) is -4.08. The number of benzene rings is 1. The number of alkyl halides is 3. The zero-order valence-electron chi connectivity index (χ0n) is 23.4. The molecule has 0 aliphatic carbocycles. The fraction of sp³-hybridized carbons (Fsp3) is 0.250. The van der Waals surface area contributed by atoms with Crippen molar-refractivity contribution in [1.29, 1.82) is 0 Å². The number of carbonyl (C=O) groups excluding carboxylic acids is 1. The first-order valence-electron chi connectivity index (χ1n) is 13.1. The molecule has 0 N–H and O–H groups in total. The molecule has 0 bridgehead atoms. The van der Waals surface area contributed by atoms with E-state index in [9.17, 15) is 31.2 Å². The summed E-state index contributed by atoms with van der Waals surface area (Å²) in [5, 5.41) is -0.871. The van der Waals surface area contributed by atoms with Crippen molar-refractivity contribution in [2.45, 2.75) is 24.0 Å². The Balaban J connectivity index is 1.89. The maximum absolute atomic E-state index is 15.1. The molecular weight excluding hydrogens is 663 g/mol. The average molecular weight is 685 g/mol. The third-order valence-electron chi connectivity index (χ3n) is 7.21. The van der Waals surface area contributed by atoms with Gasteiger partial charge in [0, 0.05) is 43.7 Å². The van der Waals surface area contributed by atoms with E-state index in [-0.39, 0.29) is 36.7 Å². The van der Waals surface area contributed by atoms with Gasteiger partial charge in [0.2, 0.25) is 5.91 Å². The molecule has 1 amide bonds. The number of nitrogens with zero attached hydrogens (tertiary/aromatic N) is 6. The predicted octanol–water partition coefficient (Wildman–Crippen LogP) is 4.93. The van der Waals surface area contributed by atoms with Crippen LogP contribution in [0.25, 0.3) is 28.0 Å². The van der Waals surface area contributed by atoms with E-state index in [0.29, 0.717) is 10.6 Å². The highest BCUT2D eigenvalue weighted by atomic mass is 35.5. The molecule has 0 spiro atoms. The van der Waals surface area contributed by atoms with Crippen LogP contribution in [0.2, 0.25) is 10.2 Å². The Morgan fingerprint density at radius 2 is 1.87 bits per heavy atom. The van der Waals surface area contributed by atoms with E-state index in [1.807, 2.05) is 0 Å². The van der Waals surface area contributed by atoms with Crippen molar-refractivity contribution in [2.75, 3.05) is 30.8 Å². The lowest BCUT2D eigenvalue weighted by atomic mass is 10.0. The molecule has 1 fully saturated rings. The van der Waals surface area contributed by atoms with Gasteiger partial charge in [-0.1, -0.05) is 35.8 Å². The first-order chi connectivity index (χ1) is 21.0. The number of hydrogen-bond acceptors (Lipinski definition) is 8. The number of anilines is 1. The summed E-state index contributed by atoms with van der Waals surface area (Å²) in [5.41, 5.74) is -5.03. The lowest BCUT2D eigenvalue weighted by Crippen LogP contribution is -2.54. The van der Waals surface area contributed by atoms with Crippen LogP contribution >= 0.6 is 23.2 Å². The van der Waals surface area contributed by atoms with Gasteiger partial charge in [0.15, 0.2) is 20.6 Å². The van der Waals surface area contributed by atoms with Crippen LogP contribution in [-0.2, 0) is 20.8 Å². The van der Waals surface area contributed by atoms with Crippen LogP contribution in [0, 0.1) is 5.82 Å². The summed E-state index contributed by atoms with van der Waals surface area (Å²) in [5.74, 6) is -1.61. The molecule has 1 atom stereocenters. The lowest BCUT2D eigenvalue weighted by Gasteiger charge is -2.40. The van der Waals surface area contributed by atoms with Gasteiger partial charge in [-0.2, -0.15) is 18.2 Å². The summed E-state index contributed by atoms with van der Waals surface area (Å²) in [6.07, 6.45) is -1.91. The molecule has 0 radical (unpaired) electrons. The molecule has 4 heterocycles. The van der Waals surface area contributed by atoms with Crippen LogP contribution in [0.4, 0.5) is 23.4 Å². The number of amides is 1. The van der Waals surface area contributed by atoms with E-state index in [1.165, 1.54) is 11.0 Å². The quantitative estimate of drug-likeness (QED) is 0.165. The van der Waals surface area contributed by atoms with Crippen molar-refractivity contribution >= 4 is 55.8 Å². The first kappa shape index (κ1) is 32.3. The number of rotatable bonds is 5. The van der Waals surface area contributed by atoms with Gasteiger partial charge < -0.3 is 9.80 Å². The van der Waals surface area contributed by atoms with Gasteiger partial charge in [-0.3, -0.25) is 4.79 Å². The Morgan fingerprint density at radius 1 is 1.16 bits per heavy atom. The SMILES string of the molecule is C=CC(=O)N1CCN(c2nc(=O)n(-c3c(S(C)(=O)=O)ccnc3Cl)c3nc(-c4c(F)cccc4C(F)(F)F)c(Cl)cc23)[C@@H](C)C1. The highest BCUT2D eigenvalue weighted by molar-refractivity contribution is 7.90. The third-order valence-corrected chi connectivity index (χ3v) is 8.90. The van der Waals surface area contributed by atoms with Gasteiger partial charge in [0.05, 0.1) is 26.6 Å². The van der Waals surface area contributed by atoms with Gasteiger partial charge in [-0.05, 0) is 37.3 Å². The van der Waals surface area contributed by atoms with Crippen molar-refractivity contribution in [3.63, 3.8) is 0 Å². The standard InChI is InChI=1S/C28H22Cl2F4N6O4S/c1-4-20(41)38-10-11-39(14(2)13-38)25-15-12-17(29)22(21-16(28(32,33)34)6-5-7-18(21)31)36-26(15)40(27(42)37-25)23-19(45(3,43)44)8-9-35-24(23)30/h4-9,12,14H,1,10-11,13H2,2-3H3/t14-/m0/s1. The zero-order chi connectivity index (χ0) is 33.0. The Labute approximate surface area is 263 Å². The molecule has 3 aromatic heterocycles. The van der Waals surface area contributed by atoms with Crippen LogP contribution in [0.3, 0.4) is 0 Å². The van der Waals surface area contributed by atoms with E-state index in [0.717, 1.165) is 36.7 Å². The topological polar surface area (TPSA) is 118 Å². The Hall–Kier alpha value is -4.08. The molecule has 10 nitrogen and oxygen atoms in total. The number of aromatic nitrogens is 4. The fourth-order valence-electron chi connectivity index (χ4n) is 5.22. The minimum absolute atomic E-state index is 0.00275. The minimum Gasteiger partial charge on any atom is -0.350 e. The Kier molecular flexibility index (Phi) is 8.40. The van der Waals surface area contributed by atoms with Crippen molar-refractivity contribution in [1.82, 2.24) is 24.4 Å². The highest BCUT2D eigenvalue weighted by Gasteiger charge is 2.37. The van der Waals surface area contributed by atoms with Crippen molar-refractivity contribution in [3.8, 4) is 16.9 Å². The molecule has 1 aliphatic heterocycles. The summed E-state index contributed by atoms with van der Waals surface area (Å²) in [6.45, 7) is 5.81. The number of hydrogen-bond donors (Lipinski definition) is 0. The molecule has 236 valence electrons. The second kappa shape index (κ2) is 11.7. The van der Waals surface area contributed by atoms with Gasteiger partial charge in [-0.15, -0.1) is 0 Å². The highest BCUT2D eigenvalue weighted by Crippen LogP contribution is 2.42. The molecule has 1 aromatic carbocycles. The maximum atomic E-state index is 15.1. The third kappa shape index (κ3) is 5.87. The molecular formula is C28H22Cl2F4N6O4S. The van der Waals surface area contributed by atoms with Crippen LogP contribution in [0.15, 0.2) is 58.9 Å². The van der Waals surface area contributed by atoms with Gasteiger partial charge in [0.25, 0.3) is 0 Å². The minimum atomic E-state index is -5.02. The van der Waals surface area contributed by atoms with Crippen LogP contribution in [0.1, 0.15) is 12.5 Å². The van der Waals surface area contributed by atoms with Gasteiger partial charge in [0.1, 0.15) is 17.3 Å².